The van der Waals surface area contributed by atoms with Crippen LogP contribution in [-0.4, -0.2) is 15.6 Å². The van der Waals surface area contributed by atoms with E-state index >= 15 is 0 Å². The van der Waals surface area contributed by atoms with Gasteiger partial charge in [-0.1, -0.05) is 0 Å². The minimum absolute atomic E-state index is 0.258. The molecule has 0 aliphatic heterocycles. The molecule has 4 heteroatoms. The molecule has 0 radical (unpaired) electrons. The van der Waals surface area contributed by atoms with Crippen LogP contribution in [0.2, 0.25) is 0 Å². The summed E-state index contributed by atoms with van der Waals surface area (Å²) in [6.07, 6.45) is 0. The summed E-state index contributed by atoms with van der Waals surface area (Å²) in [5.74, 6) is -1.23. The monoisotopic (exact) mass is 269 g/mol. The minimum atomic E-state index is -0.945. The normalized spacial score (nSPS) is 10.9. The summed E-state index contributed by atoms with van der Waals surface area (Å²) >= 11 is 0. The van der Waals surface area contributed by atoms with Crippen LogP contribution in [-0.2, 0) is 0 Å². The minimum Gasteiger partial charge on any atom is -0.478 e. The highest BCUT2D eigenvalue weighted by Gasteiger charge is 2.10. The summed E-state index contributed by atoms with van der Waals surface area (Å²) < 4.78 is 15.0. The summed E-state index contributed by atoms with van der Waals surface area (Å²) in [6, 6.07) is 13.1. The van der Waals surface area contributed by atoms with Gasteiger partial charge < -0.3 is 9.67 Å². The van der Waals surface area contributed by atoms with E-state index in [1.807, 2.05) is 17.6 Å². The number of carboxylic acid groups (broad SMARTS) is 1. The maximum atomic E-state index is 13.0. The van der Waals surface area contributed by atoms with Crippen LogP contribution in [0.25, 0.3) is 16.6 Å². The van der Waals surface area contributed by atoms with Crippen LogP contribution in [0.3, 0.4) is 0 Å². The third kappa shape index (κ3) is 1.95. The fourth-order valence-corrected chi connectivity index (χ4v) is 2.42. The van der Waals surface area contributed by atoms with Gasteiger partial charge in [0, 0.05) is 16.8 Å². The molecule has 3 rings (SSSR count). The van der Waals surface area contributed by atoms with Crippen molar-refractivity contribution in [2.75, 3.05) is 0 Å². The molecule has 0 saturated heterocycles. The SMILES string of the molecule is Cc1cc2cc(C(=O)O)ccc2n1-c1ccc(F)cc1. The van der Waals surface area contributed by atoms with Crippen LogP contribution in [0.1, 0.15) is 16.1 Å². The molecule has 0 bridgehead atoms. The lowest BCUT2D eigenvalue weighted by atomic mass is 10.1. The third-order valence-corrected chi connectivity index (χ3v) is 3.32. The Hall–Kier alpha value is -2.62. The van der Waals surface area contributed by atoms with Crippen LogP contribution < -0.4 is 0 Å². The summed E-state index contributed by atoms with van der Waals surface area (Å²) in [5.41, 5.74) is 2.98. The third-order valence-electron chi connectivity index (χ3n) is 3.32. The Morgan fingerprint density at radius 3 is 2.45 bits per heavy atom. The number of fused-ring (bicyclic) bond motifs is 1. The second-order valence-electron chi connectivity index (χ2n) is 4.68. The van der Waals surface area contributed by atoms with Gasteiger partial charge in [0.15, 0.2) is 0 Å². The summed E-state index contributed by atoms with van der Waals surface area (Å²) in [4.78, 5) is 11.0. The Kier molecular flexibility index (Phi) is 2.79. The number of aryl methyl sites for hydroxylation is 1. The zero-order chi connectivity index (χ0) is 14.3. The lowest BCUT2D eigenvalue weighted by Crippen LogP contribution is -1.98. The van der Waals surface area contributed by atoms with Gasteiger partial charge in [0.05, 0.1) is 11.1 Å². The van der Waals surface area contributed by atoms with E-state index in [0.29, 0.717) is 0 Å². The fourth-order valence-electron chi connectivity index (χ4n) is 2.42. The molecule has 0 aliphatic carbocycles. The highest BCUT2D eigenvalue weighted by Crippen LogP contribution is 2.25. The van der Waals surface area contributed by atoms with E-state index < -0.39 is 5.97 Å². The van der Waals surface area contributed by atoms with Crippen molar-refractivity contribution in [2.24, 2.45) is 0 Å². The standard InChI is InChI=1S/C16H12FNO2/c1-10-8-12-9-11(16(19)20)2-7-15(12)18(10)14-5-3-13(17)4-6-14/h2-9H,1H3,(H,19,20). The van der Waals surface area contributed by atoms with Crippen molar-refractivity contribution in [3.63, 3.8) is 0 Å². The van der Waals surface area contributed by atoms with Gasteiger partial charge in [-0.25, -0.2) is 9.18 Å². The van der Waals surface area contributed by atoms with E-state index in [-0.39, 0.29) is 11.4 Å². The fraction of sp³-hybridized carbons (Fsp3) is 0.0625. The molecule has 1 N–H and O–H groups in total. The van der Waals surface area contributed by atoms with Gasteiger partial charge in [-0.05, 0) is 55.5 Å². The first-order chi connectivity index (χ1) is 9.56. The molecule has 3 aromatic rings. The van der Waals surface area contributed by atoms with E-state index in [2.05, 4.69) is 0 Å². The highest BCUT2D eigenvalue weighted by molar-refractivity contribution is 5.94. The Morgan fingerprint density at radius 1 is 1.10 bits per heavy atom. The molecule has 3 nitrogen and oxygen atoms in total. The van der Waals surface area contributed by atoms with Crippen molar-refractivity contribution in [1.29, 1.82) is 0 Å². The molecule has 1 aromatic heterocycles. The maximum Gasteiger partial charge on any atom is 0.335 e. The number of nitrogens with zero attached hydrogens (tertiary/aromatic N) is 1. The van der Waals surface area contributed by atoms with Gasteiger partial charge in [0.1, 0.15) is 5.82 Å². The largest absolute Gasteiger partial charge is 0.478 e. The van der Waals surface area contributed by atoms with Crippen molar-refractivity contribution in [3.8, 4) is 5.69 Å². The molecule has 0 saturated carbocycles. The van der Waals surface area contributed by atoms with Crippen LogP contribution in [0.4, 0.5) is 4.39 Å². The van der Waals surface area contributed by atoms with Crippen molar-refractivity contribution < 1.29 is 14.3 Å². The average Bonchev–Trinajstić information content (AvgIpc) is 2.74. The van der Waals surface area contributed by atoms with E-state index in [9.17, 15) is 9.18 Å². The van der Waals surface area contributed by atoms with Gasteiger partial charge in [0.25, 0.3) is 0 Å². The number of carbonyl (C=O) groups is 1. The first kappa shape index (κ1) is 12.4. The summed E-state index contributed by atoms with van der Waals surface area (Å²) in [5, 5.41) is 9.87. The number of hydrogen-bond acceptors (Lipinski definition) is 1. The lowest BCUT2D eigenvalue weighted by Gasteiger charge is -2.08. The number of aromatic nitrogens is 1. The first-order valence-corrected chi connectivity index (χ1v) is 6.17. The molecule has 0 amide bonds. The summed E-state index contributed by atoms with van der Waals surface area (Å²) in [6.45, 7) is 1.93. The van der Waals surface area contributed by atoms with E-state index in [1.165, 1.54) is 12.1 Å². The molecule has 1 heterocycles. The molecule has 0 atom stereocenters. The molecule has 0 spiro atoms. The number of halogens is 1. The molecular formula is C16H12FNO2. The van der Waals surface area contributed by atoms with E-state index in [1.54, 1.807) is 30.3 Å². The highest BCUT2D eigenvalue weighted by atomic mass is 19.1. The second kappa shape index (κ2) is 4.49. The zero-order valence-electron chi connectivity index (χ0n) is 10.8. The van der Waals surface area contributed by atoms with Crippen molar-refractivity contribution in [1.82, 2.24) is 4.57 Å². The van der Waals surface area contributed by atoms with Crippen LogP contribution >= 0.6 is 0 Å². The van der Waals surface area contributed by atoms with Gasteiger partial charge >= 0.3 is 5.97 Å². The quantitative estimate of drug-likeness (QED) is 0.769. The van der Waals surface area contributed by atoms with Gasteiger partial charge in [-0.3, -0.25) is 0 Å². The lowest BCUT2D eigenvalue weighted by molar-refractivity contribution is 0.0697. The van der Waals surface area contributed by atoms with Crippen molar-refractivity contribution in [2.45, 2.75) is 6.92 Å². The smallest absolute Gasteiger partial charge is 0.335 e. The van der Waals surface area contributed by atoms with Crippen LogP contribution in [0.15, 0.2) is 48.5 Å². The van der Waals surface area contributed by atoms with E-state index in [4.69, 9.17) is 5.11 Å². The Labute approximate surface area is 114 Å². The molecular weight excluding hydrogens is 257 g/mol. The topological polar surface area (TPSA) is 42.2 Å². The number of carboxylic acids is 1. The second-order valence-corrected chi connectivity index (χ2v) is 4.68. The van der Waals surface area contributed by atoms with Crippen LogP contribution in [0, 0.1) is 12.7 Å². The van der Waals surface area contributed by atoms with E-state index in [0.717, 1.165) is 22.3 Å². The Balaban J connectivity index is 2.23. The molecule has 0 unspecified atom stereocenters. The molecule has 100 valence electrons. The number of aromatic carboxylic acids is 1. The predicted octanol–water partition coefficient (Wildman–Crippen LogP) is 3.78. The van der Waals surface area contributed by atoms with Crippen molar-refractivity contribution >= 4 is 16.9 Å². The van der Waals surface area contributed by atoms with Gasteiger partial charge in [-0.15, -0.1) is 0 Å². The summed E-state index contributed by atoms with van der Waals surface area (Å²) in [7, 11) is 0. The Morgan fingerprint density at radius 2 is 1.80 bits per heavy atom. The van der Waals surface area contributed by atoms with Crippen molar-refractivity contribution in [3.05, 3.63) is 65.6 Å². The zero-order valence-corrected chi connectivity index (χ0v) is 10.8. The van der Waals surface area contributed by atoms with Gasteiger partial charge in [-0.2, -0.15) is 0 Å². The molecule has 0 fully saturated rings. The maximum absolute atomic E-state index is 13.0. The number of rotatable bonds is 2. The number of benzene rings is 2. The molecule has 2 aromatic carbocycles. The molecule has 0 aliphatic rings. The Bertz CT molecular complexity index is 803. The number of hydrogen-bond donors (Lipinski definition) is 1. The average molecular weight is 269 g/mol. The van der Waals surface area contributed by atoms with Gasteiger partial charge in [0.2, 0.25) is 0 Å². The molecule has 20 heavy (non-hydrogen) atoms. The first-order valence-electron chi connectivity index (χ1n) is 6.17. The predicted molar refractivity (Wildman–Crippen MR) is 74.9 cm³/mol. The van der Waals surface area contributed by atoms with Crippen LogP contribution in [0.5, 0.6) is 0 Å².